The van der Waals surface area contributed by atoms with Crippen LogP contribution in [0.25, 0.3) is 0 Å². The number of nitrogens with zero attached hydrogens (tertiary/aromatic N) is 2. The highest BCUT2D eigenvalue weighted by atomic mass is 14.9. The maximum atomic E-state index is 4.34. The molecule has 0 aliphatic rings. The van der Waals surface area contributed by atoms with Crippen LogP contribution >= 0.6 is 0 Å². The smallest absolute Gasteiger partial charge is 0.0758 e. The minimum Gasteiger partial charge on any atom is -0.309 e. The summed E-state index contributed by atoms with van der Waals surface area (Å²) < 4.78 is 0. The predicted molar refractivity (Wildman–Crippen MR) is 57.9 cm³/mol. The molecule has 0 saturated heterocycles. The van der Waals surface area contributed by atoms with Crippen LogP contribution in [0.3, 0.4) is 0 Å². The Bertz CT molecular complexity index is 248. The lowest BCUT2D eigenvalue weighted by Gasteiger charge is -2.22. The quantitative estimate of drug-likeness (QED) is 0.778. The average molecular weight is 193 g/mol. The van der Waals surface area contributed by atoms with Crippen LogP contribution < -0.4 is 5.32 Å². The van der Waals surface area contributed by atoms with Crippen molar-refractivity contribution < 1.29 is 0 Å². The molecule has 0 aromatic carbocycles. The van der Waals surface area contributed by atoms with Crippen molar-refractivity contribution in [1.82, 2.24) is 15.3 Å². The van der Waals surface area contributed by atoms with Gasteiger partial charge in [-0.15, -0.1) is 0 Å². The Labute approximate surface area is 86.0 Å². The molecule has 0 spiro atoms. The van der Waals surface area contributed by atoms with E-state index in [1.54, 1.807) is 12.4 Å². The van der Waals surface area contributed by atoms with Crippen LogP contribution in [0.1, 0.15) is 38.9 Å². The van der Waals surface area contributed by atoms with E-state index in [1.165, 1.54) is 0 Å². The Morgan fingerprint density at radius 2 is 2.14 bits per heavy atom. The summed E-state index contributed by atoms with van der Waals surface area (Å²) in [4.78, 5) is 8.44. The predicted octanol–water partition coefficient (Wildman–Crippen LogP) is 2.17. The van der Waals surface area contributed by atoms with E-state index in [4.69, 9.17) is 0 Å². The minimum absolute atomic E-state index is 0.332. The Balaban J connectivity index is 2.77. The second kappa shape index (κ2) is 5.70. The molecule has 3 nitrogen and oxygen atoms in total. The fourth-order valence-electron chi connectivity index (χ4n) is 1.52. The zero-order chi connectivity index (χ0) is 10.4. The van der Waals surface area contributed by atoms with E-state index < -0.39 is 0 Å². The summed E-state index contributed by atoms with van der Waals surface area (Å²) in [6.07, 6.45) is 6.46. The number of nitrogens with one attached hydrogen (secondary N) is 1. The third-order valence-electron chi connectivity index (χ3n) is 2.54. The molecule has 78 valence electrons. The summed E-state index contributed by atoms with van der Waals surface area (Å²) in [6, 6.07) is 0.332. The normalized spacial score (nSPS) is 15.1. The minimum atomic E-state index is 0.332. The highest BCUT2D eigenvalue weighted by Crippen LogP contribution is 2.21. The monoisotopic (exact) mass is 193 g/mol. The van der Waals surface area contributed by atoms with Crippen LogP contribution in [-0.4, -0.2) is 16.5 Å². The number of rotatable bonds is 5. The molecule has 0 fully saturated rings. The maximum Gasteiger partial charge on any atom is 0.0758 e. The van der Waals surface area contributed by atoms with Crippen molar-refractivity contribution in [1.29, 1.82) is 0 Å². The molecule has 1 rings (SSSR count). The summed E-state index contributed by atoms with van der Waals surface area (Å²) in [7, 11) is 0. The first-order valence-electron chi connectivity index (χ1n) is 5.28. The van der Waals surface area contributed by atoms with E-state index in [2.05, 4.69) is 36.1 Å². The SMILES string of the molecule is CCNC(c1cnccn1)C(C)CC. The van der Waals surface area contributed by atoms with Crippen molar-refractivity contribution in [3.05, 3.63) is 24.3 Å². The molecular formula is C11H19N3. The molecular weight excluding hydrogens is 174 g/mol. The fourth-order valence-corrected chi connectivity index (χ4v) is 1.52. The van der Waals surface area contributed by atoms with Crippen molar-refractivity contribution >= 4 is 0 Å². The van der Waals surface area contributed by atoms with Gasteiger partial charge in [0, 0.05) is 18.6 Å². The standard InChI is InChI=1S/C11H19N3/c1-4-9(3)11(13-5-2)10-8-12-6-7-14-10/h6-9,11,13H,4-5H2,1-3H3. The van der Waals surface area contributed by atoms with Gasteiger partial charge in [-0.05, 0) is 12.5 Å². The van der Waals surface area contributed by atoms with Crippen LogP contribution in [-0.2, 0) is 0 Å². The van der Waals surface area contributed by atoms with E-state index in [1.807, 2.05) is 6.20 Å². The van der Waals surface area contributed by atoms with Gasteiger partial charge >= 0.3 is 0 Å². The van der Waals surface area contributed by atoms with Crippen molar-refractivity contribution in [2.45, 2.75) is 33.2 Å². The Morgan fingerprint density at radius 3 is 2.64 bits per heavy atom. The zero-order valence-electron chi connectivity index (χ0n) is 9.20. The summed E-state index contributed by atoms with van der Waals surface area (Å²) in [6.45, 7) is 7.52. The van der Waals surface area contributed by atoms with Crippen LogP contribution in [0.5, 0.6) is 0 Å². The van der Waals surface area contributed by atoms with Crippen LogP contribution in [0.15, 0.2) is 18.6 Å². The molecule has 0 aliphatic heterocycles. The van der Waals surface area contributed by atoms with E-state index in [9.17, 15) is 0 Å². The second-order valence-corrected chi connectivity index (χ2v) is 3.55. The molecule has 1 heterocycles. The van der Waals surface area contributed by atoms with Crippen LogP contribution in [0.2, 0.25) is 0 Å². The van der Waals surface area contributed by atoms with Crippen molar-refractivity contribution in [3.8, 4) is 0 Å². The first-order chi connectivity index (χ1) is 6.79. The summed E-state index contributed by atoms with van der Waals surface area (Å²) in [5.41, 5.74) is 1.05. The molecule has 14 heavy (non-hydrogen) atoms. The summed E-state index contributed by atoms with van der Waals surface area (Å²) >= 11 is 0. The van der Waals surface area contributed by atoms with Crippen molar-refractivity contribution in [2.24, 2.45) is 5.92 Å². The van der Waals surface area contributed by atoms with Gasteiger partial charge < -0.3 is 5.32 Å². The fraction of sp³-hybridized carbons (Fsp3) is 0.636. The first-order valence-corrected chi connectivity index (χ1v) is 5.28. The molecule has 0 saturated carbocycles. The summed E-state index contributed by atoms with van der Waals surface area (Å²) in [5.74, 6) is 0.589. The molecule has 1 aromatic heterocycles. The van der Waals surface area contributed by atoms with E-state index in [0.29, 0.717) is 12.0 Å². The molecule has 1 aromatic rings. The van der Waals surface area contributed by atoms with Gasteiger partial charge in [-0.2, -0.15) is 0 Å². The lowest BCUT2D eigenvalue weighted by atomic mass is 9.96. The van der Waals surface area contributed by atoms with Gasteiger partial charge in [-0.1, -0.05) is 27.2 Å². The topological polar surface area (TPSA) is 37.8 Å². The lowest BCUT2D eigenvalue weighted by Crippen LogP contribution is -2.27. The third kappa shape index (κ3) is 2.77. The van der Waals surface area contributed by atoms with Gasteiger partial charge in [0.05, 0.1) is 11.7 Å². The van der Waals surface area contributed by atoms with Gasteiger partial charge in [-0.3, -0.25) is 9.97 Å². The third-order valence-corrected chi connectivity index (χ3v) is 2.54. The highest BCUT2D eigenvalue weighted by Gasteiger charge is 2.17. The number of hydrogen-bond donors (Lipinski definition) is 1. The van der Waals surface area contributed by atoms with Gasteiger partial charge in [0.15, 0.2) is 0 Å². The number of aromatic nitrogens is 2. The van der Waals surface area contributed by atoms with Gasteiger partial charge in [-0.25, -0.2) is 0 Å². The molecule has 1 N–H and O–H groups in total. The Morgan fingerprint density at radius 1 is 1.36 bits per heavy atom. The van der Waals surface area contributed by atoms with Crippen molar-refractivity contribution in [3.63, 3.8) is 0 Å². The van der Waals surface area contributed by atoms with Crippen LogP contribution in [0, 0.1) is 5.92 Å². The zero-order valence-corrected chi connectivity index (χ0v) is 9.20. The van der Waals surface area contributed by atoms with Gasteiger partial charge in [0.1, 0.15) is 0 Å². The van der Waals surface area contributed by atoms with E-state index >= 15 is 0 Å². The molecule has 3 heteroatoms. The molecule has 0 radical (unpaired) electrons. The lowest BCUT2D eigenvalue weighted by molar-refractivity contribution is 0.375. The molecule has 0 amide bonds. The van der Waals surface area contributed by atoms with E-state index in [-0.39, 0.29) is 0 Å². The van der Waals surface area contributed by atoms with E-state index in [0.717, 1.165) is 18.7 Å². The molecule has 2 unspecified atom stereocenters. The molecule has 2 atom stereocenters. The highest BCUT2D eigenvalue weighted by molar-refractivity contribution is 5.03. The molecule has 0 aliphatic carbocycles. The van der Waals surface area contributed by atoms with Crippen molar-refractivity contribution in [2.75, 3.05) is 6.54 Å². The maximum absolute atomic E-state index is 4.34. The average Bonchev–Trinajstić information content (AvgIpc) is 2.26. The second-order valence-electron chi connectivity index (χ2n) is 3.55. The van der Waals surface area contributed by atoms with Gasteiger partial charge in [0.25, 0.3) is 0 Å². The Hall–Kier alpha value is -0.960. The Kier molecular flexibility index (Phi) is 4.53. The van der Waals surface area contributed by atoms with Gasteiger partial charge in [0.2, 0.25) is 0 Å². The molecule has 0 bridgehead atoms. The number of hydrogen-bond acceptors (Lipinski definition) is 3. The summed E-state index contributed by atoms with van der Waals surface area (Å²) in [5, 5.41) is 3.45. The first kappa shape index (κ1) is 11.1. The van der Waals surface area contributed by atoms with Crippen LogP contribution in [0.4, 0.5) is 0 Å². The largest absolute Gasteiger partial charge is 0.309 e.